The van der Waals surface area contributed by atoms with Crippen LogP contribution in [0.25, 0.3) is 0 Å². The Kier molecular flexibility index (Phi) is 3.06. The number of rotatable bonds is 3. The van der Waals surface area contributed by atoms with Crippen molar-refractivity contribution in [2.24, 2.45) is 5.92 Å². The van der Waals surface area contributed by atoms with Gasteiger partial charge in [-0.3, -0.25) is 4.79 Å². The molecule has 1 atom stereocenters. The summed E-state index contributed by atoms with van der Waals surface area (Å²) in [5.74, 6) is 0.228. The van der Waals surface area contributed by atoms with Crippen molar-refractivity contribution in [2.75, 3.05) is 0 Å². The number of nitrogens with zero attached hydrogens (tertiary/aromatic N) is 1. The standard InChI is InChI=1S/C9H14N2O2/c1-6(2)7(3)10-9(12)8-4-5-13-11-8/h4-7H,1-3H3,(H,10,12). The molecular formula is C9H14N2O2. The number of nitrogens with one attached hydrogen (secondary N) is 1. The molecule has 0 aliphatic rings. The first kappa shape index (κ1) is 9.77. The Bertz CT molecular complexity index is 267. The van der Waals surface area contributed by atoms with Gasteiger partial charge >= 0.3 is 0 Å². The SMILES string of the molecule is CC(C)C(C)NC(=O)c1ccon1. The van der Waals surface area contributed by atoms with Gasteiger partial charge < -0.3 is 9.84 Å². The molecule has 0 aliphatic carbocycles. The highest BCUT2D eigenvalue weighted by Gasteiger charge is 2.13. The second kappa shape index (κ2) is 4.07. The zero-order chi connectivity index (χ0) is 9.84. The predicted octanol–water partition coefficient (Wildman–Crippen LogP) is 1.45. The maximum atomic E-state index is 11.4. The second-order valence-corrected chi connectivity index (χ2v) is 3.39. The van der Waals surface area contributed by atoms with Gasteiger partial charge in [0.15, 0.2) is 5.69 Å². The molecular weight excluding hydrogens is 168 g/mol. The summed E-state index contributed by atoms with van der Waals surface area (Å²) in [6.45, 7) is 6.06. The zero-order valence-corrected chi connectivity index (χ0v) is 8.07. The Hall–Kier alpha value is -1.32. The third-order valence-corrected chi connectivity index (χ3v) is 2.03. The molecule has 1 amide bonds. The van der Waals surface area contributed by atoms with Crippen molar-refractivity contribution in [3.05, 3.63) is 18.0 Å². The number of hydrogen-bond acceptors (Lipinski definition) is 3. The quantitative estimate of drug-likeness (QED) is 0.769. The molecule has 1 heterocycles. The third kappa shape index (κ3) is 2.57. The van der Waals surface area contributed by atoms with Gasteiger partial charge in [0.25, 0.3) is 5.91 Å². The minimum absolute atomic E-state index is 0.143. The maximum absolute atomic E-state index is 11.4. The smallest absolute Gasteiger partial charge is 0.273 e. The average Bonchev–Trinajstić information content (AvgIpc) is 2.55. The molecule has 4 nitrogen and oxygen atoms in total. The summed E-state index contributed by atoms with van der Waals surface area (Å²) in [7, 11) is 0. The molecule has 0 saturated carbocycles. The van der Waals surface area contributed by atoms with Crippen LogP contribution in [0.3, 0.4) is 0 Å². The van der Waals surface area contributed by atoms with E-state index < -0.39 is 0 Å². The molecule has 1 aromatic heterocycles. The number of aromatic nitrogens is 1. The van der Waals surface area contributed by atoms with Crippen LogP contribution in [-0.2, 0) is 0 Å². The van der Waals surface area contributed by atoms with Crippen LogP contribution in [-0.4, -0.2) is 17.1 Å². The number of carbonyl (C=O) groups excluding carboxylic acids is 1. The van der Waals surface area contributed by atoms with Crippen LogP contribution in [0.2, 0.25) is 0 Å². The number of hydrogen-bond donors (Lipinski definition) is 1. The molecule has 0 saturated heterocycles. The molecule has 1 rings (SSSR count). The van der Waals surface area contributed by atoms with Crippen molar-refractivity contribution in [1.29, 1.82) is 0 Å². The summed E-state index contributed by atoms with van der Waals surface area (Å²) in [6.07, 6.45) is 1.38. The van der Waals surface area contributed by atoms with Crippen LogP contribution >= 0.6 is 0 Å². The van der Waals surface area contributed by atoms with E-state index in [2.05, 4.69) is 15.0 Å². The van der Waals surface area contributed by atoms with Crippen LogP contribution < -0.4 is 5.32 Å². The first-order chi connectivity index (χ1) is 6.11. The zero-order valence-electron chi connectivity index (χ0n) is 8.07. The summed E-state index contributed by atoms with van der Waals surface area (Å²) >= 11 is 0. The van der Waals surface area contributed by atoms with E-state index in [4.69, 9.17) is 0 Å². The van der Waals surface area contributed by atoms with E-state index >= 15 is 0 Å². The van der Waals surface area contributed by atoms with Gasteiger partial charge in [0.2, 0.25) is 0 Å². The Morgan fingerprint density at radius 3 is 2.69 bits per heavy atom. The fraction of sp³-hybridized carbons (Fsp3) is 0.556. The van der Waals surface area contributed by atoms with Gasteiger partial charge in [-0.2, -0.15) is 0 Å². The van der Waals surface area contributed by atoms with Crippen molar-refractivity contribution in [1.82, 2.24) is 10.5 Å². The van der Waals surface area contributed by atoms with Crippen LogP contribution in [0.5, 0.6) is 0 Å². The summed E-state index contributed by atoms with van der Waals surface area (Å²) in [5, 5.41) is 6.36. The monoisotopic (exact) mass is 182 g/mol. The molecule has 0 bridgehead atoms. The van der Waals surface area contributed by atoms with Gasteiger partial charge in [-0.25, -0.2) is 0 Å². The van der Waals surface area contributed by atoms with E-state index in [9.17, 15) is 4.79 Å². The fourth-order valence-corrected chi connectivity index (χ4v) is 0.777. The lowest BCUT2D eigenvalue weighted by molar-refractivity contribution is 0.0921. The minimum atomic E-state index is -0.185. The predicted molar refractivity (Wildman–Crippen MR) is 48.3 cm³/mol. The maximum Gasteiger partial charge on any atom is 0.273 e. The van der Waals surface area contributed by atoms with Gasteiger partial charge in [-0.05, 0) is 12.8 Å². The van der Waals surface area contributed by atoms with E-state index in [1.807, 2.05) is 20.8 Å². The number of amides is 1. The molecule has 0 radical (unpaired) electrons. The largest absolute Gasteiger partial charge is 0.364 e. The topological polar surface area (TPSA) is 55.1 Å². The Morgan fingerprint density at radius 1 is 1.54 bits per heavy atom. The van der Waals surface area contributed by atoms with Crippen LogP contribution in [0.1, 0.15) is 31.3 Å². The lowest BCUT2D eigenvalue weighted by Gasteiger charge is -2.16. The van der Waals surface area contributed by atoms with E-state index in [0.29, 0.717) is 11.6 Å². The molecule has 0 aliphatic heterocycles. The highest BCUT2D eigenvalue weighted by Crippen LogP contribution is 2.01. The van der Waals surface area contributed by atoms with E-state index in [-0.39, 0.29) is 11.9 Å². The highest BCUT2D eigenvalue weighted by atomic mass is 16.5. The molecule has 72 valence electrons. The number of carbonyl (C=O) groups is 1. The molecule has 0 fully saturated rings. The minimum Gasteiger partial charge on any atom is -0.364 e. The van der Waals surface area contributed by atoms with Crippen molar-refractivity contribution >= 4 is 5.91 Å². The van der Waals surface area contributed by atoms with E-state index in [0.717, 1.165) is 0 Å². The van der Waals surface area contributed by atoms with Crippen molar-refractivity contribution in [3.8, 4) is 0 Å². The van der Waals surface area contributed by atoms with Crippen LogP contribution in [0.15, 0.2) is 16.9 Å². The Labute approximate surface area is 77.3 Å². The van der Waals surface area contributed by atoms with E-state index in [1.165, 1.54) is 6.26 Å². The van der Waals surface area contributed by atoms with Crippen LogP contribution in [0, 0.1) is 5.92 Å². The van der Waals surface area contributed by atoms with Crippen molar-refractivity contribution < 1.29 is 9.32 Å². The van der Waals surface area contributed by atoms with E-state index in [1.54, 1.807) is 6.07 Å². The summed E-state index contributed by atoms with van der Waals surface area (Å²) < 4.78 is 4.57. The summed E-state index contributed by atoms with van der Waals surface area (Å²) in [5.41, 5.74) is 0.326. The highest BCUT2D eigenvalue weighted by molar-refractivity contribution is 5.92. The first-order valence-corrected chi connectivity index (χ1v) is 4.32. The second-order valence-electron chi connectivity index (χ2n) is 3.39. The normalized spacial score (nSPS) is 12.9. The summed E-state index contributed by atoms with van der Waals surface area (Å²) in [6, 6.07) is 1.69. The first-order valence-electron chi connectivity index (χ1n) is 4.32. The van der Waals surface area contributed by atoms with Crippen LogP contribution in [0.4, 0.5) is 0 Å². The van der Waals surface area contributed by atoms with Crippen molar-refractivity contribution in [2.45, 2.75) is 26.8 Å². The van der Waals surface area contributed by atoms with Gasteiger partial charge in [0.05, 0.1) is 0 Å². The Balaban J connectivity index is 2.52. The molecule has 13 heavy (non-hydrogen) atoms. The molecule has 1 aromatic rings. The molecule has 4 heteroatoms. The summed E-state index contributed by atoms with van der Waals surface area (Å²) in [4.78, 5) is 11.4. The average molecular weight is 182 g/mol. The lowest BCUT2D eigenvalue weighted by atomic mass is 10.1. The van der Waals surface area contributed by atoms with Gasteiger partial charge in [0, 0.05) is 12.1 Å². The molecule has 1 N–H and O–H groups in total. The lowest BCUT2D eigenvalue weighted by Crippen LogP contribution is -2.36. The molecule has 0 aromatic carbocycles. The van der Waals surface area contributed by atoms with Gasteiger partial charge in [-0.15, -0.1) is 0 Å². The van der Waals surface area contributed by atoms with Gasteiger partial charge in [0.1, 0.15) is 6.26 Å². The Morgan fingerprint density at radius 2 is 2.23 bits per heavy atom. The van der Waals surface area contributed by atoms with Crippen molar-refractivity contribution in [3.63, 3.8) is 0 Å². The fourth-order valence-electron chi connectivity index (χ4n) is 0.777. The third-order valence-electron chi connectivity index (χ3n) is 2.03. The van der Waals surface area contributed by atoms with Gasteiger partial charge in [-0.1, -0.05) is 19.0 Å². The molecule has 1 unspecified atom stereocenters. The molecule has 0 spiro atoms.